The van der Waals surface area contributed by atoms with Gasteiger partial charge in [-0.15, -0.1) is 16.7 Å². The zero-order valence-corrected chi connectivity index (χ0v) is 21.0. The van der Waals surface area contributed by atoms with Crippen molar-refractivity contribution in [3.05, 3.63) is 71.0 Å². The topological polar surface area (TPSA) is 89.6 Å². The molecule has 0 spiro atoms. The smallest absolute Gasteiger partial charge is 0.122 e. The molecule has 0 unspecified atom stereocenters. The third-order valence-electron chi connectivity index (χ3n) is 5.87. The Kier molecular flexibility index (Phi) is 8.94. The van der Waals surface area contributed by atoms with Crippen molar-refractivity contribution in [2.75, 3.05) is 19.1 Å². The van der Waals surface area contributed by atoms with E-state index in [0.717, 1.165) is 34.6 Å². The summed E-state index contributed by atoms with van der Waals surface area (Å²) in [5.41, 5.74) is 3.95. The Bertz CT molecular complexity index is 1050. The number of ether oxygens (including phenoxy) is 2. The first kappa shape index (κ1) is 26.0. The Balaban J connectivity index is 1.59. The molecule has 0 saturated carbocycles. The summed E-state index contributed by atoms with van der Waals surface area (Å²) >= 11 is 5.64. The molecule has 2 atom stereocenters. The van der Waals surface area contributed by atoms with Gasteiger partial charge in [0.15, 0.2) is 0 Å². The molecular formula is C26H34ClN3O4. The molecule has 0 amide bonds. The van der Waals surface area contributed by atoms with Crippen molar-refractivity contribution in [3.8, 4) is 11.5 Å². The van der Waals surface area contributed by atoms with Crippen LogP contribution in [0.15, 0.2) is 48.7 Å². The van der Waals surface area contributed by atoms with Gasteiger partial charge in [-0.3, -0.25) is 0 Å². The minimum Gasteiger partial charge on any atom is -0.491 e. The van der Waals surface area contributed by atoms with Crippen molar-refractivity contribution < 1.29 is 19.7 Å². The van der Waals surface area contributed by atoms with Crippen LogP contribution in [-0.4, -0.2) is 56.5 Å². The van der Waals surface area contributed by atoms with Gasteiger partial charge in [0.25, 0.3) is 0 Å². The number of halogens is 1. The second-order valence-corrected chi connectivity index (χ2v) is 9.31. The van der Waals surface area contributed by atoms with Crippen molar-refractivity contribution in [1.29, 1.82) is 0 Å². The van der Waals surface area contributed by atoms with Gasteiger partial charge in [0.2, 0.25) is 0 Å². The second-order valence-electron chi connectivity index (χ2n) is 9.00. The maximum absolute atomic E-state index is 10.3. The van der Waals surface area contributed by atoms with Crippen LogP contribution in [0.4, 0.5) is 0 Å². The zero-order valence-electron chi connectivity index (χ0n) is 20.2. The summed E-state index contributed by atoms with van der Waals surface area (Å²) in [6.45, 7) is 9.02. The SMILES string of the molecule is CCc1cn(C[C@@H](O)COc2ccc(C(C)(C)c3ccc(OC[C@H](O)CCl)c(C)c3)cc2)nn1. The summed E-state index contributed by atoms with van der Waals surface area (Å²) in [7, 11) is 0. The van der Waals surface area contributed by atoms with E-state index in [9.17, 15) is 10.2 Å². The molecule has 0 bridgehead atoms. The fourth-order valence-electron chi connectivity index (χ4n) is 3.62. The van der Waals surface area contributed by atoms with Crippen LogP contribution in [0, 0.1) is 6.92 Å². The molecule has 2 N–H and O–H groups in total. The molecule has 34 heavy (non-hydrogen) atoms. The first-order chi connectivity index (χ1) is 16.2. The highest BCUT2D eigenvalue weighted by Gasteiger charge is 2.24. The van der Waals surface area contributed by atoms with E-state index >= 15 is 0 Å². The number of aliphatic hydroxyl groups excluding tert-OH is 2. The molecular weight excluding hydrogens is 454 g/mol. The molecule has 8 heteroatoms. The molecule has 184 valence electrons. The van der Waals surface area contributed by atoms with Gasteiger partial charge < -0.3 is 19.7 Å². The van der Waals surface area contributed by atoms with E-state index in [1.165, 1.54) is 0 Å². The van der Waals surface area contributed by atoms with Crippen molar-refractivity contribution in [1.82, 2.24) is 15.0 Å². The van der Waals surface area contributed by atoms with Gasteiger partial charge in [-0.1, -0.05) is 50.3 Å². The average Bonchev–Trinajstić information content (AvgIpc) is 3.29. The lowest BCUT2D eigenvalue weighted by atomic mass is 9.77. The molecule has 3 aromatic rings. The molecule has 0 aliphatic heterocycles. The van der Waals surface area contributed by atoms with Crippen LogP contribution in [-0.2, 0) is 18.4 Å². The minimum absolute atomic E-state index is 0.143. The summed E-state index contributed by atoms with van der Waals surface area (Å²) in [6.07, 6.45) is 1.28. The van der Waals surface area contributed by atoms with Crippen LogP contribution in [0.5, 0.6) is 11.5 Å². The van der Waals surface area contributed by atoms with E-state index in [-0.39, 0.29) is 24.5 Å². The number of aromatic nitrogens is 3. The molecule has 0 aliphatic rings. The Morgan fingerprint density at radius 3 is 2.29 bits per heavy atom. The minimum atomic E-state index is -0.685. The summed E-state index contributed by atoms with van der Waals surface area (Å²) < 4.78 is 13.1. The van der Waals surface area contributed by atoms with E-state index < -0.39 is 12.2 Å². The molecule has 7 nitrogen and oxygen atoms in total. The molecule has 3 rings (SSSR count). The van der Waals surface area contributed by atoms with Gasteiger partial charge in [-0.2, -0.15) is 0 Å². The third-order valence-corrected chi connectivity index (χ3v) is 6.23. The van der Waals surface area contributed by atoms with E-state index in [2.05, 4.69) is 30.2 Å². The number of rotatable bonds is 12. The Morgan fingerprint density at radius 1 is 1.00 bits per heavy atom. The second kappa shape index (κ2) is 11.7. The molecule has 0 saturated heterocycles. The number of hydrogen-bond donors (Lipinski definition) is 2. The Morgan fingerprint density at radius 2 is 1.68 bits per heavy atom. The predicted molar refractivity (Wildman–Crippen MR) is 133 cm³/mol. The van der Waals surface area contributed by atoms with Crippen molar-refractivity contribution >= 4 is 11.6 Å². The van der Waals surface area contributed by atoms with Crippen LogP contribution in [0.1, 0.15) is 43.2 Å². The quantitative estimate of drug-likeness (QED) is 0.377. The first-order valence-corrected chi connectivity index (χ1v) is 12.0. The van der Waals surface area contributed by atoms with Crippen molar-refractivity contribution in [3.63, 3.8) is 0 Å². The fraction of sp³-hybridized carbons (Fsp3) is 0.462. The molecule has 1 heterocycles. The predicted octanol–water partition coefficient (Wildman–Crippen LogP) is 3.89. The van der Waals surface area contributed by atoms with Gasteiger partial charge in [-0.05, 0) is 48.2 Å². The highest BCUT2D eigenvalue weighted by molar-refractivity contribution is 6.18. The first-order valence-electron chi connectivity index (χ1n) is 11.5. The van der Waals surface area contributed by atoms with E-state index in [1.807, 2.05) is 56.4 Å². The van der Waals surface area contributed by atoms with E-state index in [0.29, 0.717) is 12.3 Å². The maximum atomic E-state index is 10.3. The standard InChI is InChI=1S/C26H34ClN3O4/c1-5-21-14-30(29-28-21)15-23(32)17-33-24-9-6-19(7-10-24)26(3,4)20-8-11-25(18(2)12-20)34-16-22(31)13-27/h6-12,14,22-23,31-32H,5,13,15-17H2,1-4H3/t22-,23-/m1/s1. The van der Waals surface area contributed by atoms with Crippen molar-refractivity contribution in [2.45, 2.75) is 58.3 Å². The van der Waals surface area contributed by atoms with Gasteiger partial charge in [-0.25, -0.2) is 4.68 Å². The lowest BCUT2D eigenvalue weighted by Gasteiger charge is -2.27. The maximum Gasteiger partial charge on any atom is 0.122 e. The van der Waals surface area contributed by atoms with Crippen LogP contribution >= 0.6 is 11.6 Å². The molecule has 0 aliphatic carbocycles. The summed E-state index contributed by atoms with van der Waals surface area (Å²) in [5, 5.41) is 27.9. The number of nitrogens with zero attached hydrogens (tertiary/aromatic N) is 3. The number of aryl methyl sites for hydroxylation is 2. The summed E-state index contributed by atoms with van der Waals surface area (Å²) in [6, 6.07) is 14.0. The largest absolute Gasteiger partial charge is 0.491 e. The molecule has 0 radical (unpaired) electrons. The zero-order chi connectivity index (χ0) is 24.7. The van der Waals surface area contributed by atoms with E-state index in [1.54, 1.807) is 4.68 Å². The highest BCUT2D eigenvalue weighted by atomic mass is 35.5. The highest BCUT2D eigenvalue weighted by Crippen LogP contribution is 2.34. The fourth-order valence-corrected chi connectivity index (χ4v) is 3.71. The van der Waals surface area contributed by atoms with Gasteiger partial charge in [0, 0.05) is 11.6 Å². The van der Waals surface area contributed by atoms with Crippen LogP contribution in [0.2, 0.25) is 0 Å². The molecule has 0 fully saturated rings. The van der Waals surface area contributed by atoms with Crippen LogP contribution in [0.25, 0.3) is 0 Å². The van der Waals surface area contributed by atoms with Gasteiger partial charge in [0.05, 0.1) is 18.1 Å². The summed E-state index contributed by atoms with van der Waals surface area (Å²) in [5.74, 6) is 1.58. The van der Waals surface area contributed by atoms with Crippen LogP contribution < -0.4 is 9.47 Å². The molecule has 1 aromatic heterocycles. The Hall–Kier alpha value is -2.61. The van der Waals surface area contributed by atoms with Gasteiger partial charge in [0.1, 0.15) is 36.9 Å². The lowest BCUT2D eigenvalue weighted by Crippen LogP contribution is -2.24. The number of alkyl halides is 1. The van der Waals surface area contributed by atoms with E-state index in [4.69, 9.17) is 21.1 Å². The molecule has 2 aromatic carbocycles. The third kappa shape index (κ3) is 6.72. The monoisotopic (exact) mass is 487 g/mol. The normalized spacial score (nSPS) is 13.5. The number of benzene rings is 2. The van der Waals surface area contributed by atoms with Gasteiger partial charge >= 0.3 is 0 Å². The summed E-state index contributed by atoms with van der Waals surface area (Å²) in [4.78, 5) is 0. The van der Waals surface area contributed by atoms with Crippen LogP contribution in [0.3, 0.4) is 0 Å². The number of aliphatic hydroxyl groups is 2. The Labute approximate surface area is 206 Å². The van der Waals surface area contributed by atoms with Crippen molar-refractivity contribution in [2.24, 2.45) is 0 Å². The lowest BCUT2D eigenvalue weighted by molar-refractivity contribution is 0.0888. The average molecular weight is 488 g/mol. The number of hydrogen-bond acceptors (Lipinski definition) is 6.